The lowest BCUT2D eigenvalue weighted by molar-refractivity contribution is 0.190. The van der Waals surface area contributed by atoms with E-state index in [4.69, 9.17) is 10.5 Å². The summed E-state index contributed by atoms with van der Waals surface area (Å²) < 4.78 is 0. The quantitative estimate of drug-likeness (QED) is 0.841. The minimum atomic E-state index is 0.461. The van der Waals surface area contributed by atoms with E-state index in [1.807, 2.05) is 24.3 Å². The molecule has 4 heteroatoms. The fourth-order valence-electron chi connectivity index (χ4n) is 2.70. The summed E-state index contributed by atoms with van der Waals surface area (Å²) in [6.45, 7) is 6.06. The van der Waals surface area contributed by atoms with E-state index in [1.165, 1.54) is 0 Å². The zero-order valence-corrected chi connectivity index (χ0v) is 11.9. The van der Waals surface area contributed by atoms with Crippen LogP contribution in [0.15, 0.2) is 24.3 Å². The summed E-state index contributed by atoms with van der Waals surface area (Å²) >= 11 is 0. The van der Waals surface area contributed by atoms with Gasteiger partial charge >= 0.3 is 0 Å². The second-order valence-electron chi connectivity index (χ2n) is 5.20. The maximum atomic E-state index is 9.17. The van der Waals surface area contributed by atoms with Gasteiger partial charge in [0.1, 0.15) is 6.07 Å². The van der Waals surface area contributed by atoms with Crippen LogP contribution in [-0.4, -0.2) is 37.1 Å². The topological polar surface area (TPSA) is 54.1 Å². The van der Waals surface area contributed by atoms with Crippen LogP contribution < -0.4 is 4.90 Å². The van der Waals surface area contributed by atoms with Crippen molar-refractivity contribution in [3.8, 4) is 12.1 Å². The van der Waals surface area contributed by atoms with Gasteiger partial charge in [-0.25, -0.2) is 0 Å². The van der Waals surface area contributed by atoms with Crippen molar-refractivity contribution < 1.29 is 0 Å². The van der Waals surface area contributed by atoms with Crippen molar-refractivity contribution in [2.24, 2.45) is 0 Å². The number of hydrogen-bond donors (Lipinski definition) is 0. The lowest BCUT2D eigenvalue weighted by Gasteiger charge is -2.39. The molecule has 1 aromatic rings. The van der Waals surface area contributed by atoms with Crippen molar-refractivity contribution in [3.05, 3.63) is 29.8 Å². The van der Waals surface area contributed by atoms with Crippen LogP contribution in [-0.2, 0) is 0 Å². The Morgan fingerprint density at radius 2 is 1.85 bits per heavy atom. The molecule has 0 spiro atoms. The molecule has 1 aromatic carbocycles. The maximum absolute atomic E-state index is 9.17. The van der Waals surface area contributed by atoms with Gasteiger partial charge in [-0.15, -0.1) is 0 Å². The van der Waals surface area contributed by atoms with Crippen molar-refractivity contribution in [1.29, 1.82) is 10.5 Å². The average Bonchev–Trinajstić information content (AvgIpc) is 2.52. The molecule has 1 saturated heterocycles. The summed E-state index contributed by atoms with van der Waals surface area (Å²) in [6, 6.07) is 12.7. The Labute approximate surface area is 120 Å². The molecule has 0 unspecified atom stereocenters. The Balaban J connectivity index is 1.95. The molecule has 0 bridgehead atoms. The standard InChI is InChI=1S/C16H20N4/c1-14(5-4-8-17)19-9-11-20(12-10-19)16-7-3-2-6-15(16)13-18/h2-3,6-7,14H,4-5,9-12H2,1H3/t14-/m0/s1. The molecular weight excluding hydrogens is 248 g/mol. The highest BCUT2D eigenvalue weighted by molar-refractivity contribution is 5.59. The molecule has 0 amide bonds. The largest absolute Gasteiger partial charge is 0.368 e. The molecule has 1 aliphatic rings. The lowest BCUT2D eigenvalue weighted by Crippen LogP contribution is -2.49. The van der Waals surface area contributed by atoms with Gasteiger partial charge in [0.05, 0.1) is 17.3 Å². The van der Waals surface area contributed by atoms with Gasteiger partial charge in [-0.3, -0.25) is 4.90 Å². The Bertz CT molecular complexity index is 518. The molecule has 4 nitrogen and oxygen atoms in total. The second-order valence-corrected chi connectivity index (χ2v) is 5.20. The van der Waals surface area contributed by atoms with E-state index in [0.29, 0.717) is 12.5 Å². The van der Waals surface area contributed by atoms with Crippen molar-refractivity contribution in [3.63, 3.8) is 0 Å². The van der Waals surface area contributed by atoms with Gasteiger partial charge in [-0.2, -0.15) is 10.5 Å². The number of benzene rings is 1. The van der Waals surface area contributed by atoms with Gasteiger partial charge in [-0.05, 0) is 25.5 Å². The molecule has 0 aromatic heterocycles. The normalized spacial score (nSPS) is 17.2. The van der Waals surface area contributed by atoms with Crippen LogP contribution in [0.1, 0.15) is 25.3 Å². The maximum Gasteiger partial charge on any atom is 0.101 e. The molecule has 1 aliphatic heterocycles. The van der Waals surface area contributed by atoms with Crippen molar-refractivity contribution in [1.82, 2.24) is 4.90 Å². The number of hydrogen-bond acceptors (Lipinski definition) is 4. The van der Waals surface area contributed by atoms with Gasteiger partial charge in [-0.1, -0.05) is 12.1 Å². The molecule has 20 heavy (non-hydrogen) atoms. The molecule has 2 rings (SSSR count). The van der Waals surface area contributed by atoms with Gasteiger partial charge in [0.15, 0.2) is 0 Å². The summed E-state index contributed by atoms with van der Waals surface area (Å²) in [5.41, 5.74) is 1.79. The number of anilines is 1. The fraction of sp³-hybridized carbons (Fsp3) is 0.500. The van der Waals surface area contributed by atoms with Crippen LogP contribution in [0, 0.1) is 22.7 Å². The van der Waals surface area contributed by atoms with Gasteiger partial charge < -0.3 is 4.90 Å². The average molecular weight is 268 g/mol. The number of nitriles is 2. The molecule has 0 radical (unpaired) electrons. The van der Waals surface area contributed by atoms with Gasteiger partial charge in [0, 0.05) is 38.6 Å². The van der Waals surface area contributed by atoms with Gasteiger partial charge in [0.2, 0.25) is 0 Å². The first-order chi connectivity index (χ1) is 9.76. The Morgan fingerprint density at radius 3 is 2.50 bits per heavy atom. The van der Waals surface area contributed by atoms with E-state index in [2.05, 4.69) is 28.9 Å². The molecule has 0 N–H and O–H groups in total. The Morgan fingerprint density at radius 1 is 1.15 bits per heavy atom. The molecule has 1 heterocycles. The number of nitrogens with zero attached hydrogens (tertiary/aromatic N) is 4. The summed E-state index contributed by atoms with van der Waals surface area (Å²) in [5, 5.41) is 17.8. The highest BCUT2D eigenvalue weighted by Gasteiger charge is 2.22. The molecular formula is C16H20N4. The highest BCUT2D eigenvalue weighted by Crippen LogP contribution is 2.22. The molecule has 0 aliphatic carbocycles. The predicted octanol–water partition coefficient (Wildman–Crippen LogP) is 2.37. The van der Waals surface area contributed by atoms with Crippen molar-refractivity contribution in [2.45, 2.75) is 25.8 Å². The zero-order chi connectivity index (χ0) is 14.4. The molecule has 104 valence electrons. The van der Waals surface area contributed by atoms with Gasteiger partial charge in [0.25, 0.3) is 0 Å². The number of piperazine rings is 1. The molecule has 1 fully saturated rings. The van der Waals surface area contributed by atoms with Crippen molar-refractivity contribution >= 4 is 5.69 Å². The third-order valence-corrected chi connectivity index (χ3v) is 3.98. The van der Waals surface area contributed by atoms with Crippen molar-refractivity contribution in [2.75, 3.05) is 31.1 Å². The van der Waals surface area contributed by atoms with Crippen LogP contribution in [0.2, 0.25) is 0 Å². The van der Waals surface area contributed by atoms with Crippen LogP contribution in [0.5, 0.6) is 0 Å². The monoisotopic (exact) mass is 268 g/mol. The van der Waals surface area contributed by atoms with Crippen LogP contribution in [0.4, 0.5) is 5.69 Å². The summed E-state index contributed by atoms with van der Waals surface area (Å²) in [7, 11) is 0. The minimum absolute atomic E-state index is 0.461. The Kier molecular flexibility index (Phi) is 4.98. The summed E-state index contributed by atoms with van der Waals surface area (Å²) in [4.78, 5) is 4.72. The predicted molar refractivity (Wildman–Crippen MR) is 79.3 cm³/mol. The second kappa shape index (κ2) is 6.93. The summed E-state index contributed by atoms with van der Waals surface area (Å²) in [6.07, 6.45) is 1.56. The van der Waals surface area contributed by atoms with E-state index in [1.54, 1.807) is 0 Å². The third-order valence-electron chi connectivity index (χ3n) is 3.98. The Hall–Kier alpha value is -2.04. The molecule has 1 atom stereocenters. The first kappa shape index (κ1) is 14.4. The summed E-state index contributed by atoms with van der Waals surface area (Å²) in [5.74, 6) is 0. The first-order valence-electron chi connectivity index (χ1n) is 7.11. The van der Waals surface area contributed by atoms with E-state index < -0.39 is 0 Å². The highest BCUT2D eigenvalue weighted by atomic mass is 15.3. The SMILES string of the molecule is C[C@@H](CCC#N)N1CCN(c2ccccc2C#N)CC1. The first-order valence-corrected chi connectivity index (χ1v) is 7.11. The fourth-order valence-corrected chi connectivity index (χ4v) is 2.70. The zero-order valence-electron chi connectivity index (χ0n) is 11.9. The van der Waals surface area contributed by atoms with E-state index >= 15 is 0 Å². The number of para-hydroxylation sites is 1. The molecule has 0 saturated carbocycles. The third kappa shape index (κ3) is 3.29. The smallest absolute Gasteiger partial charge is 0.101 e. The van der Waals surface area contributed by atoms with Crippen LogP contribution >= 0.6 is 0 Å². The lowest BCUT2D eigenvalue weighted by atomic mass is 10.1. The van der Waals surface area contributed by atoms with E-state index in [-0.39, 0.29) is 0 Å². The van der Waals surface area contributed by atoms with E-state index in [0.717, 1.165) is 43.9 Å². The van der Waals surface area contributed by atoms with Crippen LogP contribution in [0.3, 0.4) is 0 Å². The van der Waals surface area contributed by atoms with Crippen LogP contribution in [0.25, 0.3) is 0 Å². The number of rotatable bonds is 4. The van der Waals surface area contributed by atoms with E-state index in [9.17, 15) is 0 Å². The minimum Gasteiger partial charge on any atom is -0.368 e.